The molecule has 38 heavy (non-hydrogen) atoms. The number of carbonyl (C=O) groups excluding carboxylic acids is 2. The molecule has 2 aromatic carbocycles. The Kier molecular flexibility index (Phi) is 11.5. The Morgan fingerprint density at radius 3 is 2.34 bits per heavy atom. The summed E-state index contributed by atoms with van der Waals surface area (Å²) in [6.45, 7) is 6.82. The van der Waals surface area contributed by atoms with Gasteiger partial charge in [0.2, 0.25) is 0 Å². The van der Waals surface area contributed by atoms with Crippen LogP contribution >= 0.6 is 11.6 Å². The third kappa shape index (κ3) is 11.4. The average Bonchev–Trinajstić information content (AvgIpc) is 2.78. The highest BCUT2D eigenvalue weighted by atomic mass is 35.5. The summed E-state index contributed by atoms with van der Waals surface area (Å²) in [5.74, 6) is -1.66. The molecule has 210 valence electrons. The second kappa shape index (κ2) is 13.9. The molecule has 0 heterocycles. The summed E-state index contributed by atoms with van der Waals surface area (Å²) in [5.41, 5.74) is 1.07. The third-order valence-corrected chi connectivity index (χ3v) is 6.18. The molecule has 2 rings (SSSR count). The summed E-state index contributed by atoms with van der Waals surface area (Å²) in [6.07, 6.45) is 0.815. The van der Waals surface area contributed by atoms with Crippen LogP contribution in [0.5, 0.6) is 0 Å². The zero-order valence-electron chi connectivity index (χ0n) is 22.3. The molecule has 0 bridgehead atoms. The van der Waals surface area contributed by atoms with Gasteiger partial charge in [0.25, 0.3) is 10.1 Å². The molecule has 0 saturated heterocycles. The normalized spacial score (nSPS) is 13.4. The predicted octanol–water partition coefficient (Wildman–Crippen LogP) is 5.52. The van der Waals surface area contributed by atoms with Crippen molar-refractivity contribution in [3.8, 4) is 11.1 Å². The van der Waals surface area contributed by atoms with Gasteiger partial charge in [-0.25, -0.2) is 9.18 Å². The Hall–Kier alpha value is -2.69. The maximum Gasteiger partial charge on any atom is 0.407 e. The first-order chi connectivity index (χ1) is 17.7. The van der Waals surface area contributed by atoms with E-state index in [9.17, 15) is 22.4 Å². The molecule has 8 nitrogen and oxygen atoms in total. The van der Waals surface area contributed by atoms with E-state index in [2.05, 4.69) is 5.32 Å². The number of esters is 1. The minimum absolute atomic E-state index is 0.0748. The van der Waals surface area contributed by atoms with Gasteiger partial charge < -0.3 is 14.8 Å². The van der Waals surface area contributed by atoms with E-state index in [0.717, 1.165) is 11.8 Å². The Morgan fingerprint density at radius 2 is 1.76 bits per heavy atom. The van der Waals surface area contributed by atoms with Crippen LogP contribution in [0.3, 0.4) is 0 Å². The molecule has 1 amide bonds. The van der Waals surface area contributed by atoms with Crippen molar-refractivity contribution in [2.24, 2.45) is 5.92 Å². The number of hydrogen-bond donors (Lipinski definition) is 1. The SMILES string of the molecule is CCOC(=O)[C@H](CCOS(C)(=O)=O)C[C@@H](Cc1ccc(-c2cc(Cl)ccc2F)cc1)NC(=O)OC(C)(C)C. The largest absolute Gasteiger partial charge is 0.466 e. The van der Waals surface area contributed by atoms with Crippen LogP contribution < -0.4 is 5.32 Å². The summed E-state index contributed by atoms with van der Waals surface area (Å²) in [5, 5.41) is 3.23. The Balaban J connectivity index is 2.26. The van der Waals surface area contributed by atoms with E-state index in [4.69, 9.17) is 25.3 Å². The number of benzene rings is 2. The van der Waals surface area contributed by atoms with Crippen LogP contribution in [0.2, 0.25) is 5.02 Å². The molecule has 0 fully saturated rings. The van der Waals surface area contributed by atoms with Crippen molar-refractivity contribution in [3.05, 3.63) is 58.9 Å². The van der Waals surface area contributed by atoms with E-state index in [1.165, 1.54) is 12.1 Å². The number of ether oxygens (including phenoxy) is 2. The maximum atomic E-state index is 14.3. The molecule has 2 atom stereocenters. The first kappa shape index (κ1) is 31.5. The molecule has 0 aliphatic carbocycles. The molecule has 0 saturated carbocycles. The molecule has 2 aromatic rings. The van der Waals surface area contributed by atoms with Crippen molar-refractivity contribution in [3.63, 3.8) is 0 Å². The summed E-state index contributed by atoms with van der Waals surface area (Å²) in [4.78, 5) is 25.2. The van der Waals surface area contributed by atoms with Gasteiger partial charge in [-0.3, -0.25) is 8.98 Å². The summed E-state index contributed by atoms with van der Waals surface area (Å²) < 4.78 is 52.4. The summed E-state index contributed by atoms with van der Waals surface area (Å²) in [6, 6.07) is 10.8. The molecule has 1 N–H and O–H groups in total. The predicted molar refractivity (Wildman–Crippen MR) is 144 cm³/mol. The lowest BCUT2D eigenvalue weighted by Gasteiger charge is -2.26. The first-order valence-electron chi connectivity index (χ1n) is 12.2. The number of amides is 1. The van der Waals surface area contributed by atoms with Crippen molar-refractivity contribution >= 4 is 33.8 Å². The van der Waals surface area contributed by atoms with Crippen LogP contribution in [0.1, 0.15) is 46.1 Å². The van der Waals surface area contributed by atoms with Crippen molar-refractivity contribution in [1.82, 2.24) is 5.32 Å². The molecular formula is C27H35ClFNO7S. The fourth-order valence-electron chi connectivity index (χ4n) is 3.77. The van der Waals surface area contributed by atoms with Gasteiger partial charge in [-0.15, -0.1) is 0 Å². The van der Waals surface area contributed by atoms with E-state index in [1.807, 2.05) is 0 Å². The van der Waals surface area contributed by atoms with Gasteiger partial charge in [0.1, 0.15) is 11.4 Å². The molecule has 0 unspecified atom stereocenters. The lowest BCUT2D eigenvalue weighted by atomic mass is 9.92. The van der Waals surface area contributed by atoms with Crippen LogP contribution in [-0.4, -0.2) is 51.6 Å². The summed E-state index contributed by atoms with van der Waals surface area (Å²) in [7, 11) is -3.68. The number of hydrogen-bond acceptors (Lipinski definition) is 7. The molecule has 0 spiro atoms. The monoisotopic (exact) mass is 571 g/mol. The van der Waals surface area contributed by atoms with Gasteiger partial charge in [0.15, 0.2) is 0 Å². The number of halogens is 2. The van der Waals surface area contributed by atoms with Gasteiger partial charge in [-0.1, -0.05) is 35.9 Å². The second-order valence-electron chi connectivity index (χ2n) is 9.87. The quantitative estimate of drug-likeness (QED) is 0.264. The highest BCUT2D eigenvalue weighted by Gasteiger charge is 2.27. The zero-order valence-corrected chi connectivity index (χ0v) is 23.8. The lowest BCUT2D eigenvalue weighted by molar-refractivity contribution is -0.149. The fourth-order valence-corrected chi connectivity index (χ4v) is 4.34. The zero-order chi connectivity index (χ0) is 28.5. The minimum atomic E-state index is -3.68. The molecule has 0 aliphatic heterocycles. The van der Waals surface area contributed by atoms with Crippen LogP contribution in [0.25, 0.3) is 11.1 Å². The van der Waals surface area contributed by atoms with Crippen molar-refractivity contribution < 1.29 is 36.1 Å². The van der Waals surface area contributed by atoms with E-state index in [1.54, 1.807) is 58.0 Å². The highest BCUT2D eigenvalue weighted by Crippen LogP contribution is 2.27. The van der Waals surface area contributed by atoms with Crippen LogP contribution in [-0.2, 0) is 35.0 Å². The van der Waals surface area contributed by atoms with Crippen LogP contribution in [0.4, 0.5) is 9.18 Å². The summed E-state index contributed by atoms with van der Waals surface area (Å²) >= 11 is 6.02. The van der Waals surface area contributed by atoms with Gasteiger partial charge in [0, 0.05) is 16.6 Å². The van der Waals surface area contributed by atoms with Crippen molar-refractivity contribution in [2.75, 3.05) is 19.5 Å². The van der Waals surface area contributed by atoms with Gasteiger partial charge in [0.05, 0.1) is 25.4 Å². The third-order valence-electron chi connectivity index (χ3n) is 5.35. The minimum Gasteiger partial charge on any atom is -0.466 e. The lowest BCUT2D eigenvalue weighted by Crippen LogP contribution is -2.42. The highest BCUT2D eigenvalue weighted by molar-refractivity contribution is 7.85. The molecule has 11 heteroatoms. The molecule has 0 aromatic heterocycles. The number of alkyl carbamates (subject to hydrolysis) is 1. The van der Waals surface area contributed by atoms with E-state index in [0.29, 0.717) is 22.6 Å². The van der Waals surface area contributed by atoms with Gasteiger partial charge >= 0.3 is 12.1 Å². The van der Waals surface area contributed by atoms with Crippen LogP contribution in [0.15, 0.2) is 42.5 Å². The van der Waals surface area contributed by atoms with Crippen LogP contribution in [0, 0.1) is 11.7 Å². The number of nitrogens with one attached hydrogen (secondary N) is 1. The van der Waals surface area contributed by atoms with E-state index >= 15 is 0 Å². The number of carbonyl (C=O) groups is 2. The Bertz CT molecular complexity index is 1200. The molecule has 0 aliphatic rings. The van der Waals surface area contributed by atoms with E-state index in [-0.39, 0.29) is 26.1 Å². The Labute approximate surface area is 228 Å². The fraction of sp³-hybridized carbons (Fsp3) is 0.481. The van der Waals surface area contributed by atoms with Gasteiger partial charge in [-0.2, -0.15) is 8.42 Å². The molecular weight excluding hydrogens is 537 g/mol. The average molecular weight is 572 g/mol. The van der Waals surface area contributed by atoms with Crippen molar-refractivity contribution in [1.29, 1.82) is 0 Å². The second-order valence-corrected chi connectivity index (χ2v) is 11.9. The maximum absolute atomic E-state index is 14.3. The Morgan fingerprint density at radius 1 is 1.11 bits per heavy atom. The first-order valence-corrected chi connectivity index (χ1v) is 14.4. The number of rotatable bonds is 12. The van der Waals surface area contributed by atoms with Gasteiger partial charge in [-0.05, 0) is 76.3 Å². The standard InChI is InChI=1S/C27H35ClFNO7S/c1-6-35-25(31)20(13-14-36-38(5,33)34)16-22(30-26(32)37-27(2,3)4)15-18-7-9-19(10-8-18)23-17-21(28)11-12-24(23)29/h7-12,17,20,22H,6,13-16H2,1-5H3,(H,30,32)/t20-,22-/m1/s1. The van der Waals surface area contributed by atoms with E-state index < -0.39 is 45.6 Å². The smallest absolute Gasteiger partial charge is 0.407 e. The topological polar surface area (TPSA) is 108 Å². The van der Waals surface area contributed by atoms with Crippen molar-refractivity contribution in [2.45, 2.75) is 58.6 Å². The molecule has 0 radical (unpaired) electrons.